The van der Waals surface area contributed by atoms with Gasteiger partial charge in [-0.15, -0.1) is 0 Å². The maximum absolute atomic E-state index is 13.3. The fourth-order valence-electron chi connectivity index (χ4n) is 4.66. The number of rotatable bonds is 16. The SMILES string of the molecule is CCCCCCCCCCCC1CC(=O)NCC(=O)N[C@@H](CCCCN)C(=O)NC([C@@H](C)CC)C(=O)N1. The van der Waals surface area contributed by atoms with E-state index in [4.69, 9.17) is 5.73 Å². The molecule has 4 amide bonds. The highest BCUT2D eigenvalue weighted by Crippen LogP contribution is 2.15. The molecule has 9 nitrogen and oxygen atoms in total. The predicted molar refractivity (Wildman–Crippen MR) is 148 cm³/mol. The molecule has 0 aromatic rings. The zero-order valence-corrected chi connectivity index (χ0v) is 23.5. The molecule has 214 valence electrons. The minimum Gasteiger partial charge on any atom is -0.351 e. The van der Waals surface area contributed by atoms with Crippen molar-refractivity contribution in [3.05, 3.63) is 0 Å². The molecule has 37 heavy (non-hydrogen) atoms. The Balaban J connectivity index is 2.83. The van der Waals surface area contributed by atoms with Gasteiger partial charge < -0.3 is 27.0 Å². The Morgan fingerprint density at radius 1 is 0.757 bits per heavy atom. The van der Waals surface area contributed by atoms with E-state index in [0.717, 1.165) is 25.7 Å². The van der Waals surface area contributed by atoms with Gasteiger partial charge in [-0.2, -0.15) is 0 Å². The lowest BCUT2D eigenvalue weighted by Crippen LogP contribution is -2.57. The van der Waals surface area contributed by atoms with Crippen molar-refractivity contribution < 1.29 is 19.2 Å². The van der Waals surface area contributed by atoms with Crippen molar-refractivity contribution in [3.63, 3.8) is 0 Å². The van der Waals surface area contributed by atoms with Crippen molar-refractivity contribution in [1.82, 2.24) is 21.3 Å². The zero-order valence-electron chi connectivity index (χ0n) is 23.5. The van der Waals surface area contributed by atoms with E-state index in [-0.39, 0.29) is 42.6 Å². The Hall–Kier alpha value is -2.16. The molecule has 4 atom stereocenters. The Kier molecular flexibility index (Phi) is 17.7. The lowest BCUT2D eigenvalue weighted by Gasteiger charge is -2.28. The second kappa shape index (κ2) is 19.9. The van der Waals surface area contributed by atoms with Gasteiger partial charge in [-0.3, -0.25) is 19.2 Å². The van der Waals surface area contributed by atoms with Gasteiger partial charge in [0.2, 0.25) is 23.6 Å². The largest absolute Gasteiger partial charge is 0.351 e. The van der Waals surface area contributed by atoms with E-state index in [1.54, 1.807) is 0 Å². The maximum atomic E-state index is 13.3. The van der Waals surface area contributed by atoms with Crippen molar-refractivity contribution >= 4 is 23.6 Å². The molecule has 6 N–H and O–H groups in total. The van der Waals surface area contributed by atoms with E-state index in [1.807, 2.05) is 13.8 Å². The van der Waals surface area contributed by atoms with Crippen LogP contribution in [0.25, 0.3) is 0 Å². The van der Waals surface area contributed by atoms with Crippen LogP contribution in [0.3, 0.4) is 0 Å². The van der Waals surface area contributed by atoms with E-state index in [2.05, 4.69) is 28.2 Å². The Labute approximate surface area is 224 Å². The average Bonchev–Trinajstić information content (AvgIpc) is 2.88. The summed E-state index contributed by atoms with van der Waals surface area (Å²) in [6, 6.07) is -1.86. The zero-order chi connectivity index (χ0) is 27.5. The first kappa shape index (κ1) is 32.9. The van der Waals surface area contributed by atoms with Gasteiger partial charge in [-0.05, 0) is 38.1 Å². The van der Waals surface area contributed by atoms with Crippen LogP contribution in [0, 0.1) is 5.92 Å². The first-order valence-corrected chi connectivity index (χ1v) is 14.7. The third-order valence-electron chi connectivity index (χ3n) is 7.27. The molecule has 1 aliphatic rings. The minimum atomic E-state index is -0.783. The quantitative estimate of drug-likeness (QED) is 0.198. The normalized spacial score (nSPS) is 22.5. The number of hydrogen-bond donors (Lipinski definition) is 5. The summed E-state index contributed by atoms with van der Waals surface area (Å²) in [6.45, 7) is 6.41. The summed E-state index contributed by atoms with van der Waals surface area (Å²) in [7, 11) is 0. The van der Waals surface area contributed by atoms with Gasteiger partial charge in [0.1, 0.15) is 12.1 Å². The van der Waals surface area contributed by atoms with Crippen molar-refractivity contribution in [2.24, 2.45) is 11.7 Å². The monoisotopic (exact) mass is 523 g/mol. The Morgan fingerprint density at radius 3 is 2.00 bits per heavy atom. The fraction of sp³-hybridized carbons (Fsp3) is 0.857. The number of nitrogens with two attached hydrogens (primary N) is 1. The molecule has 0 bridgehead atoms. The number of carbonyl (C=O) groups is 4. The second-order valence-electron chi connectivity index (χ2n) is 10.6. The summed E-state index contributed by atoms with van der Waals surface area (Å²) in [4.78, 5) is 51.5. The molecule has 1 rings (SSSR count). The van der Waals surface area contributed by atoms with Crippen molar-refractivity contribution in [3.8, 4) is 0 Å². The molecule has 0 radical (unpaired) electrons. The number of unbranched alkanes of at least 4 members (excludes halogenated alkanes) is 9. The van der Waals surface area contributed by atoms with E-state index in [1.165, 1.54) is 38.5 Å². The molecule has 0 aromatic heterocycles. The van der Waals surface area contributed by atoms with E-state index >= 15 is 0 Å². The fourth-order valence-corrected chi connectivity index (χ4v) is 4.66. The molecule has 0 aliphatic carbocycles. The lowest BCUT2D eigenvalue weighted by molar-refractivity contribution is -0.133. The smallest absolute Gasteiger partial charge is 0.243 e. The van der Waals surface area contributed by atoms with Crippen LogP contribution in [-0.4, -0.2) is 54.8 Å². The molecule has 0 saturated carbocycles. The number of hydrogen-bond acceptors (Lipinski definition) is 5. The summed E-state index contributed by atoms with van der Waals surface area (Å²) in [5, 5.41) is 11.3. The van der Waals surface area contributed by atoms with Gasteiger partial charge in [0, 0.05) is 12.5 Å². The predicted octanol–water partition coefficient (Wildman–Crippen LogP) is 3.06. The third-order valence-corrected chi connectivity index (χ3v) is 7.27. The van der Waals surface area contributed by atoms with Crippen LogP contribution in [0.5, 0.6) is 0 Å². The van der Waals surface area contributed by atoms with E-state index in [0.29, 0.717) is 32.2 Å². The highest BCUT2D eigenvalue weighted by molar-refractivity contribution is 5.94. The Bertz CT molecular complexity index is 687. The van der Waals surface area contributed by atoms with Crippen LogP contribution in [0.2, 0.25) is 0 Å². The standard InChI is InChI=1S/C28H53N5O4/c1-4-6-7-8-9-10-11-12-13-16-22-19-24(34)30-20-25(35)32-23(17-14-15-18-29)27(36)33-26(21(3)5-2)28(37)31-22/h21-23,26H,4-20,29H2,1-3H3,(H,30,34)(H,31,37)(H,32,35)(H,33,36)/t21-,22?,23-,26?/m0/s1. The van der Waals surface area contributed by atoms with Gasteiger partial charge in [0.15, 0.2) is 0 Å². The summed E-state index contributed by atoms with van der Waals surface area (Å²) in [5.74, 6) is -1.46. The highest BCUT2D eigenvalue weighted by Gasteiger charge is 2.31. The van der Waals surface area contributed by atoms with Gasteiger partial charge in [0.05, 0.1) is 6.54 Å². The maximum Gasteiger partial charge on any atom is 0.243 e. The van der Waals surface area contributed by atoms with Crippen LogP contribution in [0.4, 0.5) is 0 Å². The first-order chi connectivity index (χ1) is 17.8. The van der Waals surface area contributed by atoms with E-state index in [9.17, 15) is 19.2 Å². The molecule has 1 fully saturated rings. The third kappa shape index (κ3) is 14.4. The van der Waals surface area contributed by atoms with Crippen LogP contribution >= 0.6 is 0 Å². The van der Waals surface area contributed by atoms with Crippen LogP contribution in [0.15, 0.2) is 0 Å². The van der Waals surface area contributed by atoms with Gasteiger partial charge in [-0.25, -0.2) is 0 Å². The molecule has 1 aliphatic heterocycles. The van der Waals surface area contributed by atoms with Crippen LogP contribution < -0.4 is 27.0 Å². The topological polar surface area (TPSA) is 142 Å². The number of carbonyl (C=O) groups excluding carboxylic acids is 4. The van der Waals surface area contributed by atoms with Gasteiger partial charge >= 0.3 is 0 Å². The number of amides is 4. The van der Waals surface area contributed by atoms with Crippen molar-refractivity contribution in [2.45, 2.75) is 135 Å². The summed E-state index contributed by atoms with van der Waals surface area (Å²) in [6.07, 6.45) is 14.0. The average molecular weight is 524 g/mol. The van der Waals surface area contributed by atoms with Crippen LogP contribution in [-0.2, 0) is 19.2 Å². The highest BCUT2D eigenvalue weighted by atomic mass is 16.2. The molecular weight excluding hydrogens is 470 g/mol. The molecule has 2 unspecified atom stereocenters. The molecule has 1 heterocycles. The molecule has 0 aromatic carbocycles. The lowest BCUT2D eigenvalue weighted by atomic mass is 9.96. The van der Waals surface area contributed by atoms with Gasteiger partial charge in [-0.1, -0.05) is 85.0 Å². The van der Waals surface area contributed by atoms with E-state index < -0.39 is 18.0 Å². The van der Waals surface area contributed by atoms with Crippen LogP contribution in [0.1, 0.15) is 117 Å². The first-order valence-electron chi connectivity index (χ1n) is 14.7. The summed E-state index contributed by atoms with van der Waals surface area (Å²) in [5.41, 5.74) is 5.58. The molecule has 0 spiro atoms. The Morgan fingerprint density at radius 2 is 1.38 bits per heavy atom. The summed E-state index contributed by atoms with van der Waals surface area (Å²) >= 11 is 0. The number of nitrogens with one attached hydrogen (secondary N) is 4. The summed E-state index contributed by atoms with van der Waals surface area (Å²) < 4.78 is 0. The van der Waals surface area contributed by atoms with Gasteiger partial charge in [0.25, 0.3) is 0 Å². The molecule has 1 saturated heterocycles. The van der Waals surface area contributed by atoms with Crippen molar-refractivity contribution in [1.29, 1.82) is 0 Å². The van der Waals surface area contributed by atoms with Crippen molar-refractivity contribution in [2.75, 3.05) is 13.1 Å². The second-order valence-corrected chi connectivity index (χ2v) is 10.6. The molecule has 9 heteroatoms. The molecular formula is C28H53N5O4. The minimum absolute atomic E-state index is 0.100.